The highest BCUT2D eigenvalue weighted by Crippen LogP contribution is 2.16. The molecule has 0 unspecified atom stereocenters. The van der Waals surface area contributed by atoms with Crippen molar-refractivity contribution in [3.05, 3.63) is 54.4 Å². The van der Waals surface area contributed by atoms with Crippen LogP contribution in [0.15, 0.2) is 47.5 Å². The van der Waals surface area contributed by atoms with Crippen LogP contribution in [0.3, 0.4) is 0 Å². The van der Waals surface area contributed by atoms with Gasteiger partial charge >= 0.3 is 0 Å². The van der Waals surface area contributed by atoms with Crippen molar-refractivity contribution in [2.75, 3.05) is 18.6 Å². The molecule has 130 valence electrons. The van der Waals surface area contributed by atoms with E-state index in [9.17, 15) is 4.79 Å². The normalized spacial score (nSPS) is 10.6. The summed E-state index contributed by atoms with van der Waals surface area (Å²) in [6.07, 6.45) is 5.08. The highest BCUT2D eigenvalue weighted by molar-refractivity contribution is 7.98. The van der Waals surface area contributed by atoms with Gasteiger partial charge in [-0.25, -0.2) is 9.67 Å². The maximum Gasteiger partial charge on any atom is 0.273 e. The molecule has 0 spiro atoms. The first-order chi connectivity index (χ1) is 12.3. The van der Waals surface area contributed by atoms with Crippen LogP contribution in [0.1, 0.15) is 16.2 Å². The van der Waals surface area contributed by atoms with Crippen LogP contribution in [0, 0.1) is 0 Å². The van der Waals surface area contributed by atoms with Gasteiger partial charge < -0.3 is 14.6 Å². The quantitative estimate of drug-likeness (QED) is 0.614. The molecule has 2 heterocycles. The zero-order valence-corrected chi connectivity index (χ0v) is 14.4. The molecule has 0 aliphatic carbocycles. The lowest BCUT2D eigenvalue weighted by atomic mass is 10.3. The number of carbonyl (C=O) groups excluding carboxylic acids is 1. The second-order valence-electron chi connectivity index (χ2n) is 5.05. The molecule has 2 aromatic heterocycles. The lowest BCUT2D eigenvalue weighted by Crippen LogP contribution is -2.25. The number of ether oxygens (including phenoxy) is 1. The van der Waals surface area contributed by atoms with E-state index >= 15 is 0 Å². The molecule has 3 rings (SSSR count). The number of rotatable bonds is 8. The van der Waals surface area contributed by atoms with Gasteiger partial charge in [0.2, 0.25) is 0 Å². The molecule has 0 atom stereocenters. The molecule has 3 aromatic rings. The first-order valence-corrected chi connectivity index (χ1v) is 8.96. The molecular weight excluding hydrogens is 342 g/mol. The van der Waals surface area contributed by atoms with E-state index in [1.807, 2.05) is 30.5 Å². The summed E-state index contributed by atoms with van der Waals surface area (Å²) in [7, 11) is 0. The van der Waals surface area contributed by atoms with Crippen LogP contribution in [0.2, 0.25) is 0 Å². The van der Waals surface area contributed by atoms with Crippen LogP contribution >= 0.6 is 11.8 Å². The summed E-state index contributed by atoms with van der Waals surface area (Å²) < 4.78 is 12.4. The fourth-order valence-electron chi connectivity index (χ4n) is 2.04. The summed E-state index contributed by atoms with van der Waals surface area (Å²) in [6.45, 7) is 0.782. The zero-order chi connectivity index (χ0) is 17.5. The van der Waals surface area contributed by atoms with E-state index in [1.54, 1.807) is 28.8 Å². The molecule has 0 aliphatic heterocycles. The maximum absolute atomic E-state index is 11.9. The van der Waals surface area contributed by atoms with Gasteiger partial charge in [0.1, 0.15) is 25.0 Å². The van der Waals surface area contributed by atoms with Crippen molar-refractivity contribution in [2.24, 2.45) is 0 Å². The lowest BCUT2D eigenvalue weighted by Gasteiger charge is -2.05. The van der Waals surface area contributed by atoms with Crippen molar-refractivity contribution >= 4 is 17.7 Å². The largest absolute Gasteiger partial charge is 0.486 e. The average Bonchev–Trinajstić information content (AvgIpc) is 3.32. The van der Waals surface area contributed by atoms with Crippen LogP contribution < -0.4 is 10.1 Å². The molecule has 9 heteroatoms. The Hall–Kier alpha value is -2.81. The first kappa shape index (κ1) is 17.0. The van der Waals surface area contributed by atoms with Crippen LogP contribution in [-0.4, -0.2) is 44.4 Å². The van der Waals surface area contributed by atoms with E-state index < -0.39 is 0 Å². The van der Waals surface area contributed by atoms with Gasteiger partial charge in [0.05, 0.1) is 5.69 Å². The van der Waals surface area contributed by atoms with Crippen LogP contribution in [0.25, 0.3) is 5.69 Å². The van der Waals surface area contributed by atoms with Crippen molar-refractivity contribution in [3.63, 3.8) is 0 Å². The minimum atomic E-state index is -0.249. The molecule has 0 saturated heterocycles. The molecule has 1 N–H and O–H groups in total. The molecule has 1 amide bonds. The highest BCUT2D eigenvalue weighted by Gasteiger charge is 2.12. The van der Waals surface area contributed by atoms with Crippen LogP contribution in [0.4, 0.5) is 0 Å². The van der Waals surface area contributed by atoms with Gasteiger partial charge in [0.15, 0.2) is 11.5 Å². The van der Waals surface area contributed by atoms with Crippen molar-refractivity contribution < 1.29 is 14.1 Å². The van der Waals surface area contributed by atoms with Gasteiger partial charge in [-0.2, -0.15) is 16.9 Å². The van der Waals surface area contributed by atoms with E-state index in [2.05, 4.69) is 20.6 Å². The van der Waals surface area contributed by atoms with Gasteiger partial charge in [0.25, 0.3) is 5.91 Å². The number of hydrogen-bond acceptors (Lipinski definition) is 7. The van der Waals surface area contributed by atoms with Crippen molar-refractivity contribution in [1.29, 1.82) is 0 Å². The van der Waals surface area contributed by atoms with Crippen molar-refractivity contribution in [2.45, 2.75) is 6.61 Å². The van der Waals surface area contributed by atoms with E-state index in [-0.39, 0.29) is 18.2 Å². The average molecular weight is 359 g/mol. The molecule has 0 bridgehead atoms. The third-order valence-corrected chi connectivity index (χ3v) is 3.90. The Morgan fingerprint density at radius 1 is 1.36 bits per heavy atom. The van der Waals surface area contributed by atoms with Gasteiger partial charge in [-0.05, 0) is 30.5 Å². The smallest absolute Gasteiger partial charge is 0.273 e. The Labute approximate surface area is 148 Å². The van der Waals surface area contributed by atoms with E-state index in [4.69, 9.17) is 9.26 Å². The first-order valence-electron chi connectivity index (χ1n) is 7.57. The molecule has 0 radical (unpaired) electrons. The summed E-state index contributed by atoms with van der Waals surface area (Å²) in [5, 5.41) is 10.6. The van der Waals surface area contributed by atoms with E-state index in [0.29, 0.717) is 18.1 Å². The van der Waals surface area contributed by atoms with E-state index in [1.165, 1.54) is 6.33 Å². The highest BCUT2D eigenvalue weighted by atomic mass is 32.2. The SMILES string of the molecule is CSCCNC(=O)c1cc(COc2ccc(-n3cncn3)cc2)on1. The van der Waals surface area contributed by atoms with Gasteiger partial charge in [0, 0.05) is 18.4 Å². The predicted molar refractivity (Wildman–Crippen MR) is 92.9 cm³/mol. The second kappa shape index (κ2) is 8.34. The van der Waals surface area contributed by atoms with E-state index in [0.717, 1.165) is 11.4 Å². The Morgan fingerprint density at radius 3 is 2.92 bits per heavy atom. The zero-order valence-electron chi connectivity index (χ0n) is 13.6. The Morgan fingerprint density at radius 2 is 2.20 bits per heavy atom. The maximum atomic E-state index is 11.9. The van der Waals surface area contributed by atoms with Gasteiger partial charge in [-0.15, -0.1) is 0 Å². The Bertz CT molecular complexity index is 802. The molecule has 1 aromatic carbocycles. The summed E-state index contributed by atoms with van der Waals surface area (Å²) in [6, 6.07) is 8.97. The van der Waals surface area contributed by atoms with Gasteiger partial charge in [-0.1, -0.05) is 5.16 Å². The monoisotopic (exact) mass is 359 g/mol. The molecule has 25 heavy (non-hydrogen) atoms. The molecule has 0 saturated carbocycles. The summed E-state index contributed by atoms with van der Waals surface area (Å²) in [5.74, 6) is 1.76. The third kappa shape index (κ3) is 4.60. The molecular formula is C16H17N5O3S. The van der Waals surface area contributed by atoms with Gasteiger partial charge in [-0.3, -0.25) is 4.79 Å². The second-order valence-corrected chi connectivity index (χ2v) is 6.04. The number of nitrogens with one attached hydrogen (secondary N) is 1. The Kier molecular flexibility index (Phi) is 5.68. The predicted octanol–water partition coefficient (Wildman–Crippen LogP) is 1.93. The van der Waals surface area contributed by atoms with Crippen molar-refractivity contribution in [3.8, 4) is 11.4 Å². The number of benzene rings is 1. The standard InChI is InChI=1S/C16H17N5O3S/c1-25-7-6-18-16(22)15-8-14(24-20-15)9-23-13-4-2-12(3-5-13)21-11-17-10-19-21/h2-5,8,10-11H,6-7,9H2,1H3,(H,18,22). The van der Waals surface area contributed by atoms with Crippen LogP contribution in [0.5, 0.6) is 5.75 Å². The summed E-state index contributed by atoms with van der Waals surface area (Å²) >= 11 is 1.66. The van der Waals surface area contributed by atoms with Crippen LogP contribution in [-0.2, 0) is 6.61 Å². The number of thioether (sulfide) groups is 1. The summed E-state index contributed by atoms with van der Waals surface area (Å²) in [4.78, 5) is 15.8. The number of aromatic nitrogens is 4. The number of hydrogen-bond donors (Lipinski definition) is 1. The molecule has 0 fully saturated rings. The third-order valence-electron chi connectivity index (χ3n) is 3.28. The fourth-order valence-corrected chi connectivity index (χ4v) is 2.34. The molecule has 0 aliphatic rings. The lowest BCUT2D eigenvalue weighted by molar-refractivity contribution is 0.0947. The minimum Gasteiger partial charge on any atom is -0.486 e. The fraction of sp³-hybridized carbons (Fsp3) is 0.250. The Balaban J connectivity index is 1.53. The minimum absolute atomic E-state index is 0.188. The topological polar surface area (TPSA) is 95.1 Å². The molecule has 8 nitrogen and oxygen atoms in total. The number of carbonyl (C=O) groups is 1. The number of nitrogens with zero attached hydrogens (tertiary/aromatic N) is 4. The van der Waals surface area contributed by atoms with Crippen molar-refractivity contribution in [1.82, 2.24) is 25.2 Å². The summed E-state index contributed by atoms with van der Waals surface area (Å²) in [5.41, 5.74) is 1.13. The number of amides is 1.